The second-order valence-corrected chi connectivity index (χ2v) is 6.91. The summed E-state index contributed by atoms with van der Waals surface area (Å²) in [4.78, 5) is 26.3. The maximum absolute atomic E-state index is 12.4. The Kier molecular flexibility index (Phi) is 5.41. The molecule has 29 heavy (non-hydrogen) atoms. The van der Waals surface area contributed by atoms with Crippen LogP contribution in [-0.4, -0.2) is 44.8 Å². The molecule has 1 unspecified atom stereocenters. The molecule has 3 amide bonds. The average Bonchev–Trinajstić information content (AvgIpc) is 3.12. The van der Waals surface area contributed by atoms with Crippen molar-refractivity contribution in [2.75, 3.05) is 31.8 Å². The molecule has 0 aliphatic carbocycles. The fourth-order valence-corrected chi connectivity index (χ4v) is 3.42. The molecule has 2 aromatic rings. The van der Waals surface area contributed by atoms with E-state index in [2.05, 4.69) is 10.6 Å². The normalized spacial score (nSPS) is 17.8. The molecule has 152 valence electrons. The number of carbonyl (C=O) groups is 2. The highest BCUT2D eigenvalue weighted by Crippen LogP contribution is 2.35. The fourth-order valence-electron chi connectivity index (χ4n) is 3.42. The Hall–Kier alpha value is -3.42. The molecule has 8 heteroatoms. The van der Waals surface area contributed by atoms with Crippen molar-refractivity contribution in [2.24, 2.45) is 0 Å². The lowest BCUT2D eigenvalue weighted by Gasteiger charge is -2.22. The molecule has 4 rings (SSSR count). The molecule has 0 saturated carbocycles. The molecule has 0 aromatic heterocycles. The van der Waals surface area contributed by atoms with E-state index in [0.717, 1.165) is 17.0 Å². The summed E-state index contributed by atoms with van der Waals surface area (Å²) in [6.45, 7) is 1.81. The van der Waals surface area contributed by atoms with Crippen molar-refractivity contribution < 1.29 is 23.8 Å². The maximum atomic E-state index is 12.4. The quantitative estimate of drug-likeness (QED) is 0.806. The van der Waals surface area contributed by atoms with Crippen LogP contribution in [0.5, 0.6) is 17.2 Å². The third-order valence-electron chi connectivity index (χ3n) is 4.91. The molecule has 2 N–H and O–H groups in total. The Balaban J connectivity index is 1.31. The number of hydrogen-bond acceptors (Lipinski definition) is 5. The van der Waals surface area contributed by atoms with Gasteiger partial charge in [-0.2, -0.15) is 0 Å². The summed E-state index contributed by atoms with van der Waals surface area (Å²) in [7, 11) is 1.61. The van der Waals surface area contributed by atoms with E-state index in [1.54, 1.807) is 24.1 Å². The minimum Gasteiger partial charge on any atom is -0.497 e. The molecule has 2 heterocycles. The standard InChI is InChI=1S/C21H23N3O5/c1-27-17-5-2-14(3-6-17)12-22-21(26)23-15-10-20(25)24(13-15)16-4-7-18-19(11-16)29-9-8-28-18/h2-7,11,15H,8-10,12-13H2,1H3,(H2,22,23,26). The summed E-state index contributed by atoms with van der Waals surface area (Å²) >= 11 is 0. The Morgan fingerprint density at radius 1 is 1.14 bits per heavy atom. The lowest BCUT2D eigenvalue weighted by molar-refractivity contribution is -0.117. The summed E-state index contributed by atoms with van der Waals surface area (Å²) < 4.78 is 16.2. The third kappa shape index (κ3) is 4.37. The number of methoxy groups -OCH3 is 1. The molecule has 1 atom stereocenters. The van der Waals surface area contributed by atoms with Crippen molar-refractivity contribution in [3.8, 4) is 17.2 Å². The van der Waals surface area contributed by atoms with Crippen molar-refractivity contribution in [2.45, 2.75) is 19.0 Å². The molecular weight excluding hydrogens is 374 g/mol. The van der Waals surface area contributed by atoms with Crippen LogP contribution in [0.3, 0.4) is 0 Å². The number of nitrogens with one attached hydrogen (secondary N) is 2. The number of anilines is 1. The van der Waals surface area contributed by atoms with Crippen LogP contribution in [0.2, 0.25) is 0 Å². The Morgan fingerprint density at radius 2 is 1.90 bits per heavy atom. The van der Waals surface area contributed by atoms with Crippen LogP contribution in [0.4, 0.5) is 10.5 Å². The maximum Gasteiger partial charge on any atom is 0.315 e. The predicted molar refractivity (Wildman–Crippen MR) is 107 cm³/mol. The van der Waals surface area contributed by atoms with Crippen LogP contribution in [-0.2, 0) is 11.3 Å². The Labute approximate surface area is 168 Å². The lowest BCUT2D eigenvalue weighted by Crippen LogP contribution is -2.43. The monoisotopic (exact) mass is 397 g/mol. The Bertz CT molecular complexity index is 900. The van der Waals surface area contributed by atoms with E-state index < -0.39 is 0 Å². The van der Waals surface area contributed by atoms with Gasteiger partial charge in [0.05, 0.1) is 13.2 Å². The Morgan fingerprint density at radius 3 is 2.66 bits per heavy atom. The van der Waals surface area contributed by atoms with E-state index in [1.165, 1.54) is 0 Å². The highest BCUT2D eigenvalue weighted by molar-refractivity contribution is 5.97. The van der Waals surface area contributed by atoms with E-state index in [4.69, 9.17) is 14.2 Å². The smallest absolute Gasteiger partial charge is 0.315 e. The summed E-state index contributed by atoms with van der Waals surface area (Å²) in [6, 6.07) is 12.3. The number of hydrogen-bond donors (Lipinski definition) is 2. The number of carbonyl (C=O) groups excluding carboxylic acids is 2. The van der Waals surface area contributed by atoms with E-state index in [1.807, 2.05) is 30.3 Å². The van der Waals surface area contributed by atoms with E-state index in [9.17, 15) is 9.59 Å². The first-order valence-electron chi connectivity index (χ1n) is 9.49. The van der Waals surface area contributed by atoms with Crippen LogP contribution in [0.15, 0.2) is 42.5 Å². The largest absolute Gasteiger partial charge is 0.497 e. The first kappa shape index (κ1) is 18.9. The van der Waals surface area contributed by atoms with Gasteiger partial charge in [-0.1, -0.05) is 12.1 Å². The second-order valence-electron chi connectivity index (χ2n) is 6.91. The second kappa shape index (κ2) is 8.30. The first-order chi connectivity index (χ1) is 14.1. The molecule has 0 radical (unpaired) electrons. The van der Waals surface area contributed by atoms with Crippen LogP contribution < -0.4 is 29.7 Å². The zero-order valence-electron chi connectivity index (χ0n) is 16.1. The van der Waals surface area contributed by atoms with Gasteiger partial charge in [-0.3, -0.25) is 4.79 Å². The molecular formula is C21H23N3O5. The number of rotatable bonds is 5. The zero-order valence-corrected chi connectivity index (χ0v) is 16.1. The molecule has 1 fully saturated rings. The molecule has 1 saturated heterocycles. The van der Waals surface area contributed by atoms with Crippen molar-refractivity contribution in [3.63, 3.8) is 0 Å². The van der Waals surface area contributed by atoms with Gasteiger partial charge in [-0.15, -0.1) is 0 Å². The first-order valence-corrected chi connectivity index (χ1v) is 9.49. The van der Waals surface area contributed by atoms with Crippen LogP contribution in [0.1, 0.15) is 12.0 Å². The highest BCUT2D eigenvalue weighted by Gasteiger charge is 2.32. The van der Waals surface area contributed by atoms with Gasteiger partial charge in [0.25, 0.3) is 0 Å². The van der Waals surface area contributed by atoms with Crippen LogP contribution >= 0.6 is 0 Å². The van der Waals surface area contributed by atoms with Gasteiger partial charge in [-0.25, -0.2) is 4.79 Å². The van der Waals surface area contributed by atoms with E-state index >= 15 is 0 Å². The molecule has 2 aromatic carbocycles. The molecule has 0 bridgehead atoms. The van der Waals surface area contributed by atoms with E-state index in [-0.39, 0.29) is 24.4 Å². The van der Waals surface area contributed by atoms with Gasteiger partial charge in [0.2, 0.25) is 5.91 Å². The molecule has 2 aliphatic heterocycles. The molecule has 2 aliphatic rings. The van der Waals surface area contributed by atoms with Gasteiger partial charge >= 0.3 is 6.03 Å². The summed E-state index contributed by atoms with van der Waals surface area (Å²) in [5.74, 6) is 2.04. The van der Waals surface area contributed by atoms with Crippen molar-refractivity contribution in [1.29, 1.82) is 0 Å². The zero-order chi connectivity index (χ0) is 20.2. The number of nitrogens with zero attached hydrogens (tertiary/aromatic N) is 1. The van der Waals surface area contributed by atoms with Crippen LogP contribution in [0.25, 0.3) is 0 Å². The summed E-state index contributed by atoms with van der Waals surface area (Å²) in [6.07, 6.45) is 0.254. The van der Waals surface area contributed by atoms with Gasteiger partial charge in [0, 0.05) is 31.3 Å². The molecule has 0 spiro atoms. The fraction of sp³-hybridized carbons (Fsp3) is 0.333. The van der Waals surface area contributed by atoms with Gasteiger partial charge in [-0.05, 0) is 29.8 Å². The van der Waals surface area contributed by atoms with Crippen molar-refractivity contribution in [1.82, 2.24) is 10.6 Å². The average molecular weight is 397 g/mol. The minimum atomic E-state index is -0.303. The van der Waals surface area contributed by atoms with Crippen molar-refractivity contribution in [3.05, 3.63) is 48.0 Å². The summed E-state index contributed by atoms with van der Waals surface area (Å²) in [5.41, 5.74) is 1.70. The lowest BCUT2D eigenvalue weighted by atomic mass is 10.2. The number of ether oxygens (including phenoxy) is 3. The van der Waals surface area contributed by atoms with E-state index in [0.29, 0.717) is 37.8 Å². The molecule has 8 nitrogen and oxygen atoms in total. The SMILES string of the molecule is COc1ccc(CNC(=O)NC2CC(=O)N(c3ccc4c(c3)OCCO4)C2)cc1. The predicted octanol–water partition coefficient (Wildman–Crippen LogP) is 2.07. The van der Waals surface area contributed by atoms with Crippen LogP contribution in [0, 0.1) is 0 Å². The number of benzene rings is 2. The van der Waals surface area contributed by atoms with Crippen molar-refractivity contribution >= 4 is 17.6 Å². The third-order valence-corrected chi connectivity index (χ3v) is 4.91. The summed E-state index contributed by atoms with van der Waals surface area (Å²) in [5, 5.41) is 5.69. The van der Waals surface area contributed by atoms with Gasteiger partial charge < -0.3 is 29.7 Å². The number of amides is 3. The van der Waals surface area contributed by atoms with Gasteiger partial charge in [0.1, 0.15) is 19.0 Å². The number of fused-ring (bicyclic) bond motifs is 1. The minimum absolute atomic E-state index is 0.0397. The van der Waals surface area contributed by atoms with Gasteiger partial charge in [0.15, 0.2) is 11.5 Å². The topological polar surface area (TPSA) is 89.1 Å². The highest BCUT2D eigenvalue weighted by atomic mass is 16.6. The number of urea groups is 1.